The molecule has 2 aliphatic rings. The first-order chi connectivity index (χ1) is 22.9. The topological polar surface area (TPSA) is 74.2 Å². The Morgan fingerprint density at radius 2 is 0.978 bits per heavy atom. The third-order valence-corrected chi connectivity index (χ3v) is 8.43. The first-order valence-corrected chi connectivity index (χ1v) is 15.1. The summed E-state index contributed by atoms with van der Waals surface area (Å²) in [7, 11) is 0. The van der Waals surface area contributed by atoms with Crippen molar-refractivity contribution in [3.63, 3.8) is 0 Å². The number of hydrogen-bond donors (Lipinski definition) is 0. The Bertz CT molecular complexity index is 2030. The van der Waals surface area contributed by atoms with Crippen LogP contribution >= 0.6 is 0 Å². The van der Waals surface area contributed by atoms with Crippen molar-refractivity contribution in [2.45, 2.75) is 0 Å². The third kappa shape index (κ3) is 4.06. The van der Waals surface area contributed by atoms with Crippen molar-refractivity contribution in [2.75, 3.05) is 14.7 Å². The van der Waals surface area contributed by atoms with E-state index in [-0.39, 0.29) is 6.71 Å². The highest BCUT2D eigenvalue weighted by atomic mass is 15.4. The molecule has 0 spiro atoms. The minimum atomic E-state index is -0.105. The van der Waals surface area contributed by atoms with Gasteiger partial charge in [-0.05, 0) is 71.6 Å². The first kappa shape index (κ1) is 26.1. The minimum Gasteiger partial charge on any atom is -0.280 e. The molecule has 0 radical (unpaired) electrons. The fraction of sp³-hybridized carbons (Fsp3) is 0. The van der Waals surface area contributed by atoms with Gasteiger partial charge in [-0.2, -0.15) is 9.97 Å². The van der Waals surface area contributed by atoms with Crippen LogP contribution in [0.15, 0.2) is 152 Å². The molecule has 0 bridgehead atoms. The smallest absolute Gasteiger partial charge is 0.256 e. The molecule has 8 nitrogen and oxygen atoms in total. The maximum absolute atomic E-state index is 5.43. The van der Waals surface area contributed by atoms with Gasteiger partial charge in [-0.1, -0.05) is 72.8 Å². The van der Waals surface area contributed by atoms with E-state index in [0.29, 0.717) is 11.8 Å². The third-order valence-electron chi connectivity index (χ3n) is 8.43. The molecular formula is C37H25BN8. The van der Waals surface area contributed by atoms with Crippen LogP contribution in [0.1, 0.15) is 0 Å². The molecule has 2 aliphatic heterocycles. The maximum Gasteiger partial charge on any atom is 0.256 e. The predicted octanol–water partition coefficient (Wildman–Crippen LogP) is 6.21. The summed E-state index contributed by atoms with van der Waals surface area (Å²) < 4.78 is 0. The molecule has 0 N–H and O–H groups in total. The summed E-state index contributed by atoms with van der Waals surface area (Å²) in [6.45, 7) is -0.105. The van der Waals surface area contributed by atoms with Crippen molar-refractivity contribution in [1.29, 1.82) is 0 Å². The van der Waals surface area contributed by atoms with E-state index in [2.05, 4.69) is 58.3 Å². The summed E-state index contributed by atoms with van der Waals surface area (Å²) >= 11 is 0. The van der Waals surface area contributed by atoms with E-state index in [1.54, 1.807) is 6.20 Å². The normalized spacial score (nSPS) is 12.7. The van der Waals surface area contributed by atoms with Crippen molar-refractivity contribution < 1.29 is 0 Å². The number of rotatable bonds is 5. The van der Waals surface area contributed by atoms with Crippen LogP contribution in [0.25, 0.3) is 0 Å². The van der Waals surface area contributed by atoms with Crippen LogP contribution in [0.2, 0.25) is 0 Å². The fourth-order valence-electron chi connectivity index (χ4n) is 6.56. The Morgan fingerprint density at radius 3 is 1.50 bits per heavy atom. The second-order valence-electron chi connectivity index (χ2n) is 11.0. The lowest BCUT2D eigenvalue weighted by Crippen LogP contribution is -2.62. The van der Waals surface area contributed by atoms with Crippen LogP contribution in [-0.4, -0.2) is 31.6 Å². The number of para-hydroxylation sites is 3. The van der Waals surface area contributed by atoms with Gasteiger partial charge in [-0.25, -0.2) is 15.0 Å². The largest absolute Gasteiger partial charge is 0.280 e. The summed E-state index contributed by atoms with van der Waals surface area (Å²) in [4.78, 5) is 31.6. The van der Waals surface area contributed by atoms with Crippen molar-refractivity contribution in [3.8, 4) is 0 Å². The molecule has 0 fully saturated rings. The average Bonchev–Trinajstić information content (AvgIpc) is 3.13. The van der Waals surface area contributed by atoms with Crippen molar-refractivity contribution in [1.82, 2.24) is 24.9 Å². The standard InChI is InChI=1S/C37H25BN8/c1-2-14-26(15-3-1)44(31-20-8-11-23-39-31)37-42-35-34-36(43-37)46(33-22-10-13-25-41-33)30-19-7-5-17-28(30)38(34)27-16-4-6-18-29(27)45(35)32-21-9-12-24-40-32/h1-25H. The van der Waals surface area contributed by atoms with Gasteiger partial charge in [0.25, 0.3) is 6.71 Å². The molecule has 4 aromatic heterocycles. The summed E-state index contributed by atoms with van der Waals surface area (Å²) in [5.41, 5.74) is 6.27. The number of nitrogens with zero attached hydrogens (tertiary/aromatic N) is 8. The number of benzene rings is 3. The quantitative estimate of drug-likeness (QED) is 0.219. The van der Waals surface area contributed by atoms with Gasteiger partial charge in [0.15, 0.2) is 0 Å². The van der Waals surface area contributed by atoms with E-state index in [1.807, 2.05) is 102 Å². The van der Waals surface area contributed by atoms with Gasteiger partial charge in [0, 0.05) is 35.4 Å². The molecular weight excluding hydrogens is 567 g/mol. The molecule has 216 valence electrons. The molecule has 7 aromatic rings. The van der Waals surface area contributed by atoms with Crippen LogP contribution in [0.3, 0.4) is 0 Å². The monoisotopic (exact) mass is 592 g/mol. The lowest BCUT2D eigenvalue weighted by Gasteiger charge is -2.42. The minimum absolute atomic E-state index is 0.105. The lowest BCUT2D eigenvalue weighted by molar-refractivity contribution is 1.01. The predicted molar refractivity (Wildman–Crippen MR) is 184 cm³/mol. The van der Waals surface area contributed by atoms with E-state index in [0.717, 1.165) is 56.7 Å². The zero-order chi connectivity index (χ0) is 30.5. The van der Waals surface area contributed by atoms with Crippen molar-refractivity contribution in [3.05, 3.63) is 152 Å². The first-order valence-electron chi connectivity index (χ1n) is 15.1. The SMILES string of the molecule is c1ccc(N(c2ccccn2)c2nc3c4c(n2)N(c2ccccn2)c2ccccc2B4c2ccccc2N3c2ccccn2)cc1. The highest BCUT2D eigenvalue weighted by Gasteiger charge is 2.46. The summed E-state index contributed by atoms with van der Waals surface area (Å²) in [6.07, 6.45) is 5.42. The Hall–Kier alpha value is -6.35. The van der Waals surface area contributed by atoms with Gasteiger partial charge < -0.3 is 0 Å². The molecule has 0 unspecified atom stereocenters. The van der Waals surface area contributed by atoms with Crippen molar-refractivity contribution >= 4 is 75.2 Å². The second kappa shape index (κ2) is 10.7. The molecule has 0 saturated heterocycles. The number of anilines is 9. The molecule has 46 heavy (non-hydrogen) atoms. The van der Waals surface area contributed by atoms with Gasteiger partial charge >= 0.3 is 0 Å². The molecule has 9 rings (SSSR count). The zero-order valence-electron chi connectivity index (χ0n) is 24.6. The molecule has 0 saturated carbocycles. The van der Waals surface area contributed by atoms with Crippen molar-refractivity contribution in [2.24, 2.45) is 0 Å². The molecule has 6 heterocycles. The molecule has 0 amide bonds. The number of aromatic nitrogens is 5. The van der Waals surface area contributed by atoms with E-state index in [9.17, 15) is 0 Å². The van der Waals surface area contributed by atoms with Gasteiger partial charge in [-0.3, -0.25) is 14.7 Å². The van der Waals surface area contributed by atoms with Crippen LogP contribution in [-0.2, 0) is 0 Å². The Labute approximate surface area is 266 Å². The van der Waals surface area contributed by atoms with Gasteiger partial charge in [0.1, 0.15) is 29.1 Å². The number of pyridine rings is 3. The molecule has 9 heteroatoms. The molecule has 0 aliphatic carbocycles. The zero-order valence-corrected chi connectivity index (χ0v) is 24.6. The number of hydrogen-bond acceptors (Lipinski definition) is 8. The van der Waals surface area contributed by atoms with Gasteiger partial charge in [0.05, 0.1) is 5.69 Å². The highest BCUT2D eigenvalue weighted by Crippen LogP contribution is 2.43. The highest BCUT2D eigenvalue weighted by molar-refractivity contribution is 7.00. The van der Waals surface area contributed by atoms with Gasteiger partial charge in [0.2, 0.25) is 5.95 Å². The molecule has 3 aromatic carbocycles. The van der Waals surface area contributed by atoms with Crippen LogP contribution in [0, 0.1) is 0 Å². The van der Waals surface area contributed by atoms with Gasteiger partial charge in [-0.15, -0.1) is 0 Å². The Morgan fingerprint density at radius 1 is 0.478 bits per heavy atom. The summed E-state index contributed by atoms with van der Waals surface area (Å²) in [5.74, 6) is 4.25. The lowest BCUT2D eigenvalue weighted by atomic mass is 9.34. The van der Waals surface area contributed by atoms with Crippen LogP contribution in [0.4, 0.5) is 52.1 Å². The van der Waals surface area contributed by atoms with E-state index < -0.39 is 0 Å². The van der Waals surface area contributed by atoms with Crippen LogP contribution in [0.5, 0.6) is 0 Å². The average molecular weight is 592 g/mol. The fourth-order valence-corrected chi connectivity index (χ4v) is 6.56. The Balaban J connectivity index is 1.41. The Kier molecular flexibility index (Phi) is 6.05. The van der Waals surface area contributed by atoms with Crippen LogP contribution < -0.4 is 31.1 Å². The summed E-state index contributed by atoms with van der Waals surface area (Å²) in [5, 5.41) is 0. The van der Waals surface area contributed by atoms with E-state index in [4.69, 9.17) is 24.9 Å². The maximum atomic E-state index is 5.43. The van der Waals surface area contributed by atoms with E-state index in [1.165, 1.54) is 0 Å². The number of fused-ring (bicyclic) bond motifs is 4. The summed E-state index contributed by atoms with van der Waals surface area (Å²) in [6, 6.07) is 44.9. The van der Waals surface area contributed by atoms with E-state index >= 15 is 0 Å². The molecule has 0 atom stereocenters. The second-order valence-corrected chi connectivity index (χ2v) is 11.0.